The third-order valence-corrected chi connectivity index (χ3v) is 2.68. The minimum absolute atomic E-state index is 0. The van der Waals surface area contributed by atoms with Crippen molar-refractivity contribution >= 4 is 29.9 Å². The van der Waals surface area contributed by atoms with E-state index in [-0.39, 0.29) is 24.0 Å². The molecule has 1 rings (SSSR count). The number of methoxy groups -OCH3 is 1. The standard InChI is InChI=1S/C16H27N3O2.HI/c1-5-17-16(19-12-13(2)3)18-10-11-21-15-8-6-14(20-4)7-9-15;/h6-9,13H,5,10-12H2,1-4H3,(H2,17,18,19);1H. The zero-order chi connectivity index (χ0) is 15.5. The molecule has 0 aliphatic rings. The quantitative estimate of drug-likeness (QED) is 0.293. The molecule has 0 unspecified atom stereocenters. The number of benzene rings is 1. The summed E-state index contributed by atoms with van der Waals surface area (Å²) in [5.41, 5.74) is 0. The van der Waals surface area contributed by atoms with Gasteiger partial charge in [0.1, 0.15) is 18.1 Å². The van der Waals surface area contributed by atoms with Gasteiger partial charge in [0, 0.05) is 13.1 Å². The van der Waals surface area contributed by atoms with Crippen LogP contribution in [0, 0.1) is 5.92 Å². The first-order valence-electron chi connectivity index (χ1n) is 7.44. The number of hydrogen-bond acceptors (Lipinski definition) is 3. The maximum Gasteiger partial charge on any atom is 0.191 e. The lowest BCUT2D eigenvalue weighted by Crippen LogP contribution is -2.39. The van der Waals surface area contributed by atoms with Crippen LogP contribution in [0.2, 0.25) is 0 Å². The first-order chi connectivity index (χ1) is 10.2. The van der Waals surface area contributed by atoms with Gasteiger partial charge in [-0.15, -0.1) is 24.0 Å². The number of guanidine groups is 1. The van der Waals surface area contributed by atoms with Crippen molar-refractivity contribution < 1.29 is 9.47 Å². The van der Waals surface area contributed by atoms with Crippen LogP contribution in [0.3, 0.4) is 0 Å². The second kappa shape index (κ2) is 12.4. The largest absolute Gasteiger partial charge is 0.497 e. The number of aliphatic imine (C=N–C) groups is 1. The number of halogens is 1. The summed E-state index contributed by atoms with van der Waals surface area (Å²) in [5.74, 6) is 3.05. The maximum atomic E-state index is 5.66. The Bertz CT molecular complexity index is 422. The van der Waals surface area contributed by atoms with Crippen molar-refractivity contribution in [2.75, 3.05) is 33.4 Å². The van der Waals surface area contributed by atoms with Gasteiger partial charge >= 0.3 is 0 Å². The third-order valence-electron chi connectivity index (χ3n) is 2.68. The molecule has 0 fully saturated rings. The zero-order valence-corrected chi connectivity index (χ0v) is 16.2. The van der Waals surface area contributed by atoms with Crippen LogP contribution in [0.4, 0.5) is 0 Å². The molecular weight excluding hydrogens is 393 g/mol. The molecule has 5 nitrogen and oxygen atoms in total. The number of ether oxygens (including phenoxy) is 2. The molecular formula is C16H28IN3O2. The molecule has 1 aromatic rings. The van der Waals surface area contributed by atoms with Gasteiger partial charge in [-0.25, -0.2) is 0 Å². The van der Waals surface area contributed by atoms with Crippen LogP contribution in [0.15, 0.2) is 29.3 Å². The van der Waals surface area contributed by atoms with E-state index < -0.39 is 0 Å². The Balaban J connectivity index is 0.00000441. The highest BCUT2D eigenvalue weighted by Crippen LogP contribution is 2.16. The van der Waals surface area contributed by atoms with Crippen molar-refractivity contribution in [1.29, 1.82) is 0 Å². The first-order valence-corrected chi connectivity index (χ1v) is 7.44. The van der Waals surface area contributed by atoms with Crippen LogP contribution in [0.25, 0.3) is 0 Å². The molecule has 0 heterocycles. The van der Waals surface area contributed by atoms with Crippen LogP contribution < -0.4 is 20.1 Å². The lowest BCUT2D eigenvalue weighted by Gasteiger charge is -2.12. The smallest absolute Gasteiger partial charge is 0.191 e. The number of nitrogens with one attached hydrogen (secondary N) is 2. The Morgan fingerprint density at radius 1 is 1.14 bits per heavy atom. The number of nitrogens with zero attached hydrogens (tertiary/aromatic N) is 1. The van der Waals surface area contributed by atoms with Crippen molar-refractivity contribution in [3.05, 3.63) is 24.3 Å². The summed E-state index contributed by atoms with van der Waals surface area (Å²) in [6, 6.07) is 7.57. The summed E-state index contributed by atoms with van der Waals surface area (Å²) >= 11 is 0. The minimum Gasteiger partial charge on any atom is -0.497 e. The molecule has 0 saturated carbocycles. The summed E-state index contributed by atoms with van der Waals surface area (Å²) in [4.78, 5) is 4.50. The van der Waals surface area contributed by atoms with Gasteiger partial charge in [0.15, 0.2) is 5.96 Å². The Labute approximate surface area is 150 Å². The van der Waals surface area contributed by atoms with E-state index in [2.05, 4.69) is 36.4 Å². The van der Waals surface area contributed by atoms with Gasteiger partial charge in [0.2, 0.25) is 0 Å². The van der Waals surface area contributed by atoms with Crippen molar-refractivity contribution in [3.63, 3.8) is 0 Å². The fourth-order valence-corrected chi connectivity index (χ4v) is 1.63. The first kappa shape index (κ1) is 20.8. The molecule has 0 amide bonds. The SMILES string of the molecule is CCNC(=NCC(C)C)NCCOc1ccc(OC)cc1.I. The molecule has 0 bridgehead atoms. The van der Waals surface area contributed by atoms with E-state index in [1.807, 2.05) is 24.3 Å². The van der Waals surface area contributed by atoms with Gasteiger partial charge in [-0.05, 0) is 37.1 Å². The monoisotopic (exact) mass is 421 g/mol. The Morgan fingerprint density at radius 2 is 1.77 bits per heavy atom. The molecule has 0 saturated heterocycles. The van der Waals surface area contributed by atoms with E-state index in [1.165, 1.54) is 0 Å². The molecule has 1 aromatic carbocycles. The average Bonchev–Trinajstić information content (AvgIpc) is 2.49. The lowest BCUT2D eigenvalue weighted by molar-refractivity contribution is 0.321. The fourth-order valence-electron chi connectivity index (χ4n) is 1.63. The van der Waals surface area contributed by atoms with Gasteiger partial charge in [0.25, 0.3) is 0 Å². The van der Waals surface area contributed by atoms with Crippen LogP contribution in [-0.4, -0.2) is 39.3 Å². The average molecular weight is 421 g/mol. The van der Waals surface area contributed by atoms with Gasteiger partial charge in [0.05, 0.1) is 13.7 Å². The van der Waals surface area contributed by atoms with Gasteiger partial charge < -0.3 is 20.1 Å². The fraction of sp³-hybridized carbons (Fsp3) is 0.562. The molecule has 126 valence electrons. The predicted octanol–water partition coefficient (Wildman–Crippen LogP) is 2.90. The Hall–Kier alpha value is -1.18. The van der Waals surface area contributed by atoms with Gasteiger partial charge in [-0.3, -0.25) is 4.99 Å². The Morgan fingerprint density at radius 3 is 2.32 bits per heavy atom. The predicted molar refractivity (Wildman–Crippen MR) is 103 cm³/mol. The van der Waals surface area contributed by atoms with E-state index in [4.69, 9.17) is 9.47 Å². The molecule has 2 N–H and O–H groups in total. The number of hydrogen-bond donors (Lipinski definition) is 2. The van der Waals surface area contributed by atoms with E-state index in [0.29, 0.717) is 19.1 Å². The molecule has 0 aliphatic heterocycles. The van der Waals surface area contributed by atoms with E-state index in [1.54, 1.807) is 7.11 Å². The molecule has 0 aliphatic carbocycles. The summed E-state index contributed by atoms with van der Waals surface area (Å²) in [6.45, 7) is 9.31. The highest BCUT2D eigenvalue weighted by atomic mass is 127. The van der Waals surface area contributed by atoms with Crippen LogP contribution in [-0.2, 0) is 0 Å². The van der Waals surface area contributed by atoms with Crippen molar-refractivity contribution in [3.8, 4) is 11.5 Å². The topological polar surface area (TPSA) is 54.9 Å². The van der Waals surface area contributed by atoms with Gasteiger partial charge in [-0.1, -0.05) is 13.8 Å². The molecule has 0 aromatic heterocycles. The molecule has 0 spiro atoms. The minimum atomic E-state index is 0. The van der Waals surface area contributed by atoms with Crippen LogP contribution in [0.5, 0.6) is 11.5 Å². The highest BCUT2D eigenvalue weighted by molar-refractivity contribution is 14.0. The Kier molecular flexibility index (Phi) is 11.7. The summed E-state index contributed by atoms with van der Waals surface area (Å²) in [5, 5.41) is 6.48. The van der Waals surface area contributed by atoms with Crippen molar-refractivity contribution in [2.45, 2.75) is 20.8 Å². The van der Waals surface area contributed by atoms with E-state index >= 15 is 0 Å². The molecule has 6 heteroatoms. The molecule has 0 atom stereocenters. The zero-order valence-electron chi connectivity index (χ0n) is 13.9. The number of rotatable bonds is 8. The second-order valence-corrected chi connectivity index (χ2v) is 5.06. The lowest BCUT2D eigenvalue weighted by atomic mass is 10.2. The second-order valence-electron chi connectivity index (χ2n) is 5.06. The van der Waals surface area contributed by atoms with Crippen LogP contribution >= 0.6 is 24.0 Å². The summed E-state index contributed by atoms with van der Waals surface area (Å²) < 4.78 is 10.8. The summed E-state index contributed by atoms with van der Waals surface area (Å²) in [6.07, 6.45) is 0. The normalized spacial score (nSPS) is 10.9. The molecule has 22 heavy (non-hydrogen) atoms. The van der Waals surface area contributed by atoms with Crippen LogP contribution in [0.1, 0.15) is 20.8 Å². The van der Waals surface area contributed by atoms with E-state index in [9.17, 15) is 0 Å². The van der Waals surface area contributed by atoms with Crippen molar-refractivity contribution in [2.24, 2.45) is 10.9 Å². The van der Waals surface area contributed by atoms with Gasteiger partial charge in [-0.2, -0.15) is 0 Å². The van der Waals surface area contributed by atoms with E-state index in [0.717, 1.165) is 30.5 Å². The highest BCUT2D eigenvalue weighted by Gasteiger charge is 1.99. The van der Waals surface area contributed by atoms with Crippen molar-refractivity contribution in [1.82, 2.24) is 10.6 Å². The molecule has 0 radical (unpaired) electrons. The maximum absolute atomic E-state index is 5.66. The third kappa shape index (κ3) is 8.96. The summed E-state index contributed by atoms with van der Waals surface area (Å²) in [7, 11) is 1.65.